The van der Waals surface area contributed by atoms with Gasteiger partial charge in [0.1, 0.15) is 5.75 Å². The van der Waals surface area contributed by atoms with Gasteiger partial charge in [0, 0.05) is 26.2 Å². The van der Waals surface area contributed by atoms with Gasteiger partial charge >= 0.3 is 0 Å². The molecule has 1 fully saturated rings. The first-order chi connectivity index (χ1) is 15.3. The first kappa shape index (κ1) is 19.8. The fourth-order valence-corrected chi connectivity index (χ4v) is 4.52. The largest absolute Gasteiger partial charge is 0.495 e. The van der Waals surface area contributed by atoms with Gasteiger partial charge in [-0.2, -0.15) is 0 Å². The molecule has 5 rings (SSSR count). The number of benzene rings is 3. The minimum atomic E-state index is 0.889. The number of hydrogen-bond acceptors (Lipinski definition) is 5. The van der Waals surface area contributed by atoms with Crippen LogP contribution in [0.25, 0.3) is 0 Å². The monoisotopic (exact) mass is 415 g/mol. The van der Waals surface area contributed by atoms with Crippen molar-refractivity contribution in [3.63, 3.8) is 0 Å². The molecule has 5 nitrogen and oxygen atoms in total. The maximum absolute atomic E-state index is 6.10. The molecule has 3 aromatic carbocycles. The standard InChI is InChI=1S/C26H29N3O2/c1-30-24-13-5-3-11-22(24)29-18-16-28(17-19-29)15-7-9-20-8-6-14-25-26(20)27-21-10-2-4-12-23(21)31-25/h2-6,8,10-14,27H,7,9,15-19H2,1H3. The van der Waals surface area contributed by atoms with Gasteiger partial charge in [-0.3, -0.25) is 4.90 Å². The van der Waals surface area contributed by atoms with Gasteiger partial charge < -0.3 is 19.7 Å². The molecular weight excluding hydrogens is 386 g/mol. The fraction of sp³-hybridized carbons (Fsp3) is 0.308. The predicted molar refractivity (Wildman–Crippen MR) is 126 cm³/mol. The van der Waals surface area contributed by atoms with Gasteiger partial charge in [0.2, 0.25) is 0 Å². The van der Waals surface area contributed by atoms with E-state index in [0.29, 0.717) is 0 Å². The number of hydrogen-bond donors (Lipinski definition) is 1. The van der Waals surface area contributed by atoms with E-state index >= 15 is 0 Å². The van der Waals surface area contributed by atoms with Crippen LogP contribution in [0.2, 0.25) is 0 Å². The summed E-state index contributed by atoms with van der Waals surface area (Å²) in [6.45, 7) is 5.35. The van der Waals surface area contributed by atoms with Crippen LogP contribution in [-0.2, 0) is 6.42 Å². The normalized spacial score (nSPS) is 15.5. The number of fused-ring (bicyclic) bond motifs is 2. The Balaban J connectivity index is 1.16. The molecule has 2 aliphatic heterocycles. The molecule has 2 aliphatic rings. The Morgan fingerprint density at radius 1 is 0.871 bits per heavy atom. The number of aryl methyl sites for hydroxylation is 1. The highest BCUT2D eigenvalue weighted by Gasteiger charge is 2.21. The van der Waals surface area contributed by atoms with Crippen molar-refractivity contribution < 1.29 is 9.47 Å². The summed E-state index contributed by atoms with van der Waals surface area (Å²) in [6.07, 6.45) is 2.17. The van der Waals surface area contributed by atoms with Crippen molar-refractivity contribution in [3.05, 3.63) is 72.3 Å². The molecular formula is C26H29N3O2. The van der Waals surface area contributed by atoms with Crippen molar-refractivity contribution in [2.75, 3.05) is 50.1 Å². The molecule has 31 heavy (non-hydrogen) atoms. The van der Waals surface area contributed by atoms with E-state index in [1.54, 1.807) is 7.11 Å². The summed E-state index contributed by atoms with van der Waals surface area (Å²) < 4.78 is 11.6. The van der Waals surface area contributed by atoms with Crippen molar-refractivity contribution in [1.82, 2.24) is 4.90 Å². The van der Waals surface area contributed by atoms with Crippen LogP contribution < -0.4 is 19.7 Å². The number of ether oxygens (including phenoxy) is 2. The van der Waals surface area contributed by atoms with Crippen LogP contribution in [0.3, 0.4) is 0 Å². The van der Waals surface area contributed by atoms with E-state index in [2.05, 4.69) is 45.4 Å². The zero-order valence-electron chi connectivity index (χ0n) is 18.0. The average molecular weight is 416 g/mol. The van der Waals surface area contributed by atoms with Crippen molar-refractivity contribution in [3.8, 4) is 17.2 Å². The Kier molecular flexibility index (Phi) is 5.67. The maximum atomic E-state index is 6.10. The second kappa shape index (κ2) is 8.90. The van der Waals surface area contributed by atoms with E-state index in [4.69, 9.17) is 9.47 Å². The summed E-state index contributed by atoms with van der Waals surface area (Å²) in [5, 5.41) is 3.58. The van der Waals surface area contributed by atoms with Gasteiger partial charge in [0.25, 0.3) is 0 Å². The quantitative estimate of drug-likeness (QED) is 0.463. The van der Waals surface area contributed by atoms with E-state index in [0.717, 1.165) is 74.2 Å². The number of piperazine rings is 1. The molecule has 0 atom stereocenters. The van der Waals surface area contributed by atoms with E-state index < -0.39 is 0 Å². The lowest BCUT2D eigenvalue weighted by Crippen LogP contribution is -2.46. The van der Waals surface area contributed by atoms with Crippen molar-refractivity contribution in [2.45, 2.75) is 12.8 Å². The number of anilines is 3. The molecule has 1 N–H and O–H groups in total. The zero-order chi connectivity index (χ0) is 21.0. The molecule has 0 spiro atoms. The topological polar surface area (TPSA) is 37.0 Å². The van der Waals surface area contributed by atoms with Crippen molar-refractivity contribution >= 4 is 17.1 Å². The molecule has 0 saturated carbocycles. The van der Waals surface area contributed by atoms with Crippen LogP contribution in [0.15, 0.2) is 66.7 Å². The predicted octanol–water partition coefficient (Wildman–Crippen LogP) is 5.30. The number of para-hydroxylation sites is 5. The van der Waals surface area contributed by atoms with Gasteiger partial charge in [-0.15, -0.1) is 0 Å². The van der Waals surface area contributed by atoms with Crippen molar-refractivity contribution in [1.29, 1.82) is 0 Å². The van der Waals surface area contributed by atoms with Gasteiger partial charge in [-0.1, -0.05) is 36.4 Å². The van der Waals surface area contributed by atoms with Gasteiger partial charge in [0.15, 0.2) is 11.5 Å². The van der Waals surface area contributed by atoms with Gasteiger partial charge in [-0.05, 0) is 55.3 Å². The summed E-state index contributed by atoms with van der Waals surface area (Å²) in [5.41, 5.74) is 4.67. The number of rotatable bonds is 6. The first-order valence-corrected chi connectivity index (χ1v) is 11.1. The lowest BCUT2D eigenvalue weighted by atomic mass is 10.0. The summed E-state index contributed by atoms with van der Waals surface area (Å²) in [5.74, 6) is 2.77. The number of nitrogens with one attached hydrogen (secondary N) is 1. The first-order valence-electron chi connectivity index (χ1n) is 11.1. The minimum absolute atomic E-state index is 0.889. The molecule has 160 valence electrons. The van der Waals surface area contributed by atoms with Crippen LogP contribution in [0.5, 0.6) is 17.2 Å². The smallest absolute Gasteiger partial charge is 0.151 e. The molecule has 5 heteroatoms. The van der Waals surface area contributed by atoms with Crippen LogP contribution in [0, 0.1) is 0 Å². The third-order valence-corrected chi connectivity index (χ3v) is 6.20. The van der Waals surface area contributed by atoms with Crippen LogP contribution in [0.1, 0.15) is 12.0 Å². The Morgan fingerprint density at radius 2 is 1.65 bits per heavy atom. The lowest BCUT2D eigenvalue weighted by molar-refractivity contribution is 0.254. The summed E-state index contributed by atoms with van der Waals surface area (Å²) in [4.78, 5) is 5.00. The van der Waals surface area contributed by atoms with Gasteiger partial charge in [-0.25, -0.2) is 0 Å². The van der Waals surface area contributed by atoms with E-state index in [1.807, 2.05) is 36.4 Å². The Labute approximate surface area is 184 Å². The van der Waals surface area contributed by atoms with Crippen molar-refractivity contribution in [2.24, 2.45) is 0 Å². The minimum Gasteiger partial charge on any atom is -0.495 e. The van der Waals surface area contributed by atoms with Crippen LogP contribution >= 0.6 is 0 Å². The fourth-order valence-electron chi connectivity index (χ4n) is 4.52. The molecule has 0 aromatic heterocycles. The molecule has 0 amide bonds. The zero-order valence-corrected chi connectivity index (χ0v) is 18.0. The van der Waals surface area contributed by atoms with Gasteiger partial charge in [0.05, 0.1) is 24.2 Å². The van der Waals surface area contributed by atoms with Crippen LogP contribution in [-0.4, -0.2) is 44.7 Å². The Hall–Kier alpha value is -3.18. The van der Waals surface area contributed by atoms with Crippen LogP contribution in [0.4, 0.5) is 17.1 Å². The molecule has 0 unspecified atom stereocenters. The SMILES string of the molecule is COc1ccccc1N1CCN(CCCc2cccc3c2Nc2ccccc2O3)CC1. The van der Waals surface area contributed by atoms with E-state index in [-0.39, 0.29) is 0 Å². The summed E-state index contributed by atoms with van der Waals surface area (Å²) >= 11 is 0. The highest BCUT2D eigenvalue weighted by molar-refractivity contribution is 5.77. The Bertz CT molecular complexity index is 1040. The number of nitrogens with zero attached hydrogens (tertiary/aromatic N) is 2. The van der Waals surface area contributed by atoms with E-state index in [1.165, 1.54) is 11.3 Å². The van der Waals surface area contributed by atoms with E-state index in [9.17, 15) is 0 Å². The third kappa shape index (κ3) is 4.19. The molecule has 0 bridgehead atoms. The lowest BCUT2D eigenvalue weighted by Gasteiger charge is -2.36. The molecule has 2 heterocycles. The average Bonchev–Trinajstić information content (AvgIpc) is 2.83. The summed E-state index contributed by atoms with van der Waals surface area (Å²) in [6, 6.07) is 22.8. The molecule has 3 aromatic rings. The Morgan fingerprint density at radius 3 is 2.52 bits per heavy atom. The maximum Gasteiger partial charge on any atom is 0.151 e. The number of methoxy groups -OCH3 is 1. The summed E-state index contributed by atoms with van der Waals surface area (Å²) in [7, 11) is 1.75. The highest BCUT2D eigenvalue weighted by Crippen LogP contribution is 2.43. The molecule has 0 radical (unpaired) electrons. The second-order valence-electron chi connectivity index (χ2n) is 8.12. The highest BCUT2D eigenvalue weighted by atomic mass is 16.5. The second-order valence-corrected chi connectivity index (χ2v) is 8.12. The molecule has 0 aliphatic carbocycles. The third-order valence-electron chi connectivity index (χ3n) is 6.20. The molecule has 1 saturated heterocycles.